The fraction of sp³-hybridized carbons (Fsp3) is 0.429. The third kappa shape index (κ3) is 5.49. The Morgan fingerprint density at radius 2 is 1.78 bits per heavy atom. The standard InChI is InChI=1S/C28H36N2O6/c1-7-29(8-2)13-14-30-25(19-9-11-21(31)23(16-19)35-6)24(27(33)28(30)34)26(32)20-10-12-22(18(5)15-20)36-17(3)4/h9-12,15-17,25,31-32H,7-8,13-14H2,1-6H3/b26-24+/t25-/m0/s1. The second kappa shape index (κ2) is 11.5. The van der Waals surface area contributed by atoms with Crippen LogP contribution in [0.5, 0.6) is 17.2 Å². The van der Waals surface area contributed by atoms with Crippen molar-refractivity contribution in [2.24, 2.45) is 0 Å². The van der Waals surface area contributed by atoms with E-state index in [4.69, 9.17) is 9.47 Å². The van der Waals surface area contributed by atoms with Gasteiger partial charge in [-0.15, -0.1) is 0 Å². The van der Waals surface area contributed by atoms with Gasteiger partial charge < -0.3 is 29.5 Å². The second-order valence-corrected chi connectivity index (χ2v) is 9.10. The minimum Gasteiger partial charge on any atom is -0.507 e. The largest absolute Gasteiger partial charge is 0.507 e. The van der Waals surface area contributed by atoms with Gasteiger partial charge in [0.1, 0.15) is 11.5 Å². The molecule has 0 saturated carbocycles. The van der Waals surface area contributed by atoms with E-state index in [2.05, 4.69) is 4.90 Å². The summed E-state index contributed by atoms with van der Waals surface area (Å²) in [6.07, 6.45) is -0.0104. The van der Waals surface area contributed by atoms with Crippen LogP contribution in [0.3, 0.4) is 0 Å². The summed E-state index contributed by atoms with van der Waals surface area (Å²) < 4.78 is 11.1. The highest BCUT2D eigenvalue weighted by Crippen LogP contribution is 2.42. The van der Waals surface area contributed by atoms with Crippen molar-refractivity contribution in [2.75, 3.05) is 33.3 Å². The summed E-state index contributed by atoms with van der Waals surface area (Å²) in [6.45, 7) is 12.3. The summed E-state index contributed by atoms with van der Waals surface area (Å²) >= 11 is 0. The van der Waals surface area contributed by atoms with Crippen LogP contribution >= 0.6 is 0 Å². The number of hydrogen-bond donors (Lipinski definition) is 2. The molecule has 0 bridgehead atoms. The quantitative estimate of drug-likeness (QED) is 0.288. The van der Waals surface area contributed by atoms with E-state index < -0.39 is 17.7 Å². The molecule has 0 unspecified atom stereocenters. The number of nitrogens with zero attached hydrogens (tertiary/aromatic N) is 2. The van der Waals surface area contributed by atoms with E-state index >= 15 is 0 Å². The molecule has 1 atom stereocenters. The normalized spacial score (nSPS) is 17.3. The van der Waals surface area contributed by atoms with Gasteiger partial charge in [-0.3, -0.25) is 9.59 Å². The summed E-state index contributed by atoms with van der Waals surface area (Å²) in [5.41, 5.74) is 1.78. The van der Waals surface area contributed by atoms with Gasteiger partial charge in [-0.2, -0.15) is 0 Å². The van der Waals surface area contributed by atoms with Crippen LogP contribution in [-0.2, 0) is 9.59 Å². The first-order valence-corrected chi connectivity index (χ1v) is 12.3. The third-order valence-corrected chi connectivity index (χ3v) is 6.42. The van der Waals surface area contributed by atoms with Gasteiger partial charge in [0.25, 0.3) is 11.7 Å². The van der Waals surface area contributed by atoms with Crippen LogP contribution in [-0.4, -0.2) is 71.1 Å². The summed E-state index contributed by atoms with van der Waals surface area (Å²) in [5.74, 6) is -0.831. The molecule has 2 aromatic rings. The Morgan fingerprint density at radius 3 is 2.36 bits per heavy atom. The number of carbonyl (C=O) groups is 2. The monoisotopic (exact) mass is 496 g/mol. The van der Waals surface area contributed by atoms with Gasteiger partial charge in [0.05, 0.1) is 24.8 Å². The van der Waals surface area contributed by atoms with E-state index in [1.54, 1.807) is 30.3 Å². The molecule has 0 radical (unpaired) electrons. The number of phenols is 1. The van der Waals surface area contributed by atoms with Gasteiger partial charge in [-0.1, -0.05) is 19.9 Å². The molecule has 1 aliphatic heterocycles. The smallest absolute Gasteiger partial charge is 0.295 e. The molecule has 2 N–H and O–H groups in total. The van der Waals surface area contributed by atoms with Crippen LogP contribution in [0.4, 0.5) is 0 Å². The lowest BCUT2D eigenvalue weighted by molar-refractivity contribution is -0.140. The number of ketones is 1. The van der Waals surface area contributed by atoms with Crippen molar-refractivity contribution in [3.63, 3.8) is 0 Å². The van der Waals surface area contributed by atoms with Crippen molar-refractivity contribution in [3.05, 3.63) is 58.7 Å². The van der Waals surface area contributed by atoms with Crippen LogP contribution in [0.2, 0.25) is 0 Å². The molecule has 0 spiro atoms. The molecule has 0 aromatic heterocycles. The Bertz CT molecular complexity index is 1150. The summed E-state index contributed by atoms with van der Waals surface area (Å²) in [6, 6.07) is 9.02. The number of Topliss-reactive ketones (excluding diaryl/α,β-unsaturated/α-hetero) is 1. The number of carbonyl (C=O) groups excluding carboxylic acids is 2. The van der Waals surface area contributed by atoms with E-state index in [0.717, 1.165) is 18.7 Å². The number of rotatable bonds is 10. The number of phenolic OH excluding ortho intramolecular Hbond substituents is 1. The summed E-state index contributed by atoms with van der Waals surface area (Å²) in [5, 5.41) is 21.5. The number of methoxy groups -OCH3 is 1. The van der Waals surface area contributed by atoms with Gasteiger partial charge in [0.15, 0.2) is 11.5 Å². The molecule has 194 valence electrons. The average Bonchev–Trinajstić information content (AvgIpc) is 3.10. The Morgan fingerprint density at radius 1 is 1.08 bits per heavy atom. The molecule has 3 rings (SSSR count). The van der Waals surface area contributed by atoms with Gasteiger partial charge >= 0.3 is 0 Å². The van der Waals surface area contributed by atoms with Crippen molar-refractivity contribution in [1.82, 2.24) is 9.80 Å². The minimum atomic E-state index is -0.832. The van der Waals surface area contributed by atoms with E-state index in [1.165, 1.54) is 18.1 Å². The van der Waals surface area contributed by atoms with Crippen molar-refractivity contribution in [1.29, 1.82) is 0 Å². The zero-order valence-electron chi connectivity index (χ0n) is 21.9. The fourth-order valence-electron chi connectivity index (χ4n) is 4.45. The van der Waals surface area contributed by atoms with Crippen LogP contribution in [0.25, 0.3) is 5.76 Å². The maximum absolute atomic E-state index is 13.3. The summed E-state index contributed by atoms with van der Waals surface area (Å²) in [7, 11) is 1.43. The van der Waals surface area contributed by atoms with Gasteiger partial charge in [-0.05, 0) is 75.3 Å². The topological polar surface area (TPSA) is 99.5 Å². The van der Waals surface area contributed by atoms with E-state index in [0.29, 0.717) is 30.0 Å². The van der Waals surface area contributed by atoms with Crippen molar-refractivity contribution in [3.8, 4) is 17.2 Å². The molecule has 1 saturated heterocycles. The number of ether oxygens (including phenoxy) is 2. The highest BCUT2D eigenvalue weighted by molar-refractivity contribution is 6.46. The first kappa shape index (κ1) is 27.1. The number of benzene rings is 2. The molecule has 36 heavy (non-hydrogen) atoms. The first-order valence-electron chi connectivity index (χ1n) is 12.3. The van der Waals surface area contributed by atoms with Crippen LogP contribution < -0.4 is 9.47 Å². The third-order valence-electron chi connectivity index (χ3n) is 6.42. The molecule has 2 aromatic carbocycles. The molecule has 0 aliphatic carbocycles. The van der Waals surface area contributed by atoms with Crippen molar-refractivity contribution >= 4 is 17.4 Å². The highest BCUT2D eigenvalue weighted by Gasteiger charge is 2.46. The molecule has 1 amide bonds. The molecular formula is C28H36N2O6. The van der Waals surface area contributed by atoms with E-state index in [9.17, 15) is 19.8 Å². The van der Waals surface area contributed by atoms with Gasteiger partial charge in [0.2, 0.25) is 0 Å². The number of aromatic hydroxyl groups is 1. The number of likely N-dealkylation sites (N-methyl/N-ethyl adjacent to an activating group) is 1. The molecule has 8 nitrogen and oxygen atoms in total. The zero-order valence-corrected chi connectivity index (χ0v) is 21.9. The molecule has 1 heterocycles. The predicted octanol–water partition coefficient (Wildman–Crippen LogP) is 4.26. The Kier molecular flexibility index (Phi) is 8.63. The van der Waals surface area contributed by atoms with E-state index in [-0.39, 0.29) is 28.9 Å². The first-order chi connectivity index (χ1) is 17.1. The van der Waals surface area contributed by atoms with Crippen LogP contribution in [0, 0.1) is 6.92 Å². The van der Waals surface area contributed by atoms with Crippen LogP contribution in [0.1, 0.15) is 50.4 Å². The van der Waals surface area contributed by atoms with Crippen molar-refractivity contribution < 1.29 is 29.3 Å². The maximum atomic E-state index is 13.3. The second-order valence-electron chi connectivity index (χ2n) is 9.10. The molecule has 1 aliphatic rings. The Hall–Kier alpha value is -3.52. The number of aliphatic hydroxyl groups excluding tert-OH is 1. The number of hydrogen-bond acceptors (Lipinski definition) is 7. The lowest BCUT2D eigenvalue weighted by Crippen LogP contribution is -2.38. The number of likely N-dealkylation sites (tertiary alicyclic amines) is 1. The van der Waals surface area contributed by atoms with Crippen LogP contribution in [0.15, 0.2) is 42.0 Å². The average molecular weight is 497 g/mol. The Labute approximate surface area is 212 Å². The lowest BCUT2D eigenvalue weighted by atomic mass is 9.94. The highest BCUT2D eigenvalue weighted by atomic mass is 16.5. The van der Waals surface area contributed by atoms with E-state index in [1.807, 2.05) is 34.6 Å². The SMILES string of the molecule is CCN(CC)CCN1C(=O)C(=O)/C(=C(/O)c2ccc(OC(C)C)c(C)c2)[C@@H]1c1ccc(O)c(OC)c1. The number of amides is 1. The molecule has 8 heteroatoms. The lowest BCUT2D eigenvalue weighted by Gasteiger charge is -2.28. The van der Waals surface area contributed by atoms with Gasteiger partial charge in [0, 0.05) is 18.7 Å². The van der Waals surface area contributed by atoms with Crippen molar-refractivity contribution in [2.45, 2.75) is 46.8 Å². The van der Waals surface area contributed by atoms with Gasteiger partial charge in [-0.25, -0.2) is 0 Å². The summed E-state index contributed by atoms with van der Waals surface area (Å²) in [4.78, 5) is 30.1. The molecule has 1 fully saturated rings. The predicted molar refractivity (Wildman–Crippen MR) is 138 cm³/mol. The zero-order chi connectivity index (χ0) is 26.6. The number of aliphatic hydroxyl groups is 1. The Balaban J connectivity index is 2.13. The fourth-order valence-corrected chi connectivity index (χ4v) is 4.45. The minimum absolute atomic E-state index is 0.00391. The number of aryl methyl sites for hydroxylation is 1. The maximum Gasteiger partial charge on any atom is 0.295 e. The molecular weight excluding hydrogens is 460 g/mol.